The van der Waals surface area contributed by atoms with Crippen LogP contribution in [-0.2, 0) is 25.4 Å². The van der Waals surface area contributed by atoms with E-state index in [9.17, 15) is 18.0 Å². The summed E-state index contributed by atoms with van der Waals surface area (Å²) in [5.41, 5.74) is 4.47. The van der Waals surface area contributed by atoms with E-state index in [0.717, 1.165) is 19.3 Å². The van der Waals surface area contributed by atoms with E-state index in [4.69, 9.17) is 17.3 Å². The Morgan fingerprint density at radius 3 is 2.35 bits per heavy atom. The normalized spacial score (nSPS) is 32.1. The number of primary amides is 1. The van der Waals surface area contributed by atoms with Gasteiger partial charge in [-0.2, -0.15) is 4.72 Å². The molecule has 7 nitrogen and oxygen atoms in total. The molecule has 0 spiro atoms. The molecule has 4 aliphatic rings. The lowest BCUT2D eigenvalue weighted by atomic mass is 9.47. The Hall–Kier alpha value is -1.64. The summed E-state index contributed by atoms with van der Waals surface area (Å²) in [6.45, 7) is 3.13. The number of benzene rings is 1. The predicted molar refractivity (Wildman–Crippen MR) is 118 cm³/mol. The lowest BCUT2D eigenvalue weighted by Gasteiger charge is -2.59. The molecular weight excluding hydrogens is 438 g/mol. The van der Waals surface area contributed by atoms with Gasteiger partial charge in [0.15, 0.2) is 0 Å². The largest absolute Gasteiger partial charge is 0.369 e. The van der Waals surface area contributed by atoms with Crippen molar-refractivity contribution < 1.29 is 18.0 Å². The number of carbonyl (C=O) groups excluding carboxylic acids is 2. The third-order valence-corrected chi connectivity index (χ3v) is 9.26. The van der Waals surface area contributed by atoms with Crippen LogP contribution >= 0.6 is 11.6 Å². The van der Waals surface area contributed by atoms with Crippen LogP contribution in [0.5, 0.6) is 0 Å². The Bertz CT molecular complexity index is 994. The average Bonchev–Trinajstić information content (AvgIpc) is 2.64. The molecule has 0 heterocycles. The molecule has 5 rings (SSSR count). The lowest BCUT2D eigenvalue weighted by Crippen LogP contribution is -2.65. The number of rotatable bonds is 7. The maximum atomic E-state index is 13.1. The summed E-state index contributed by atoms with van der Waals surface area (Å²) in [7, 11) is -3.80. The Labute approximate surface area is 188 Å². The smallest absolute Gasteiger partial charge is 0.240 e. The standard InChI is InChI=1S/C22H30ClN3O4S/c1-21(2,26-31(29,30)12-14-5-3-4-6-17(14)23)20(28)25-18-15-7-13-8-16(18)11-22(9-13,10-15)19(24)27/h3-6,13,15-16,18,26H,7-12H2,1-2H3,(H2,24,27)(H,25,28). The summed E-state index contributed by atoms with van der Waals surface area (Å²) < 4.78 is 28.0. The summed E-state index contributed by atoms with van der Waals surface area (Å²) in [6.07, 6.45) is 4.24. The van der Waals surface area contributed by atoms with E-state index in [1.165, 1.54) is 0 Å². The fraction of sp³-hybridized carbons (Fsp3) is 0.636. The minimum absolute atomic E-state index is 0.0520. The SMILES string of the molecule is CC(C)(NS(=O)(=O)Cc1ccccc1Cl)C(=O)NC1C2CC3CC1CC(C(N)=O)(C3)C2. The molecule has 2 atom stereocenters. The fourth-order valence-corrected chi connectivity index (χ4v) is 8.07. The Morgan fingerprint density at radius 1 is 1.16 bits per heavy atom. The summed E-state index contributed by atoms with van der Waals surface area (Å²) in [5, 5.41) is 3.48. The predicted octanol–water partition coefficient (Wildman–Crippen LogP) is 2.33. The molecule has 0 aliphatic heterocycles. The van der Waals surface area contributed by atoms with Gasteiger partial charge < -0.3 is 11.1 Å². The monoisotopic (exact) mass is 467 g/mol. The van der Waals surface area contributed by atoms with Crippen LogP contribution in [0.2, 0.25) is 5.02 Å². The summed E-state index contributed by atoms with van der Waals surface area (Å²) in [6, 6.07) is 6.69. The molecule has 170 valence electrons. The first-order valence-electron chi connectivity index (χ1n) is 10.8. The number of sulfonamides is 1. The maximum absolute atomic E-state index is 13.1. The van der Waals surface area contributed by atoms with Gasteiger partial charge >= 0.3 is 0 Å². The van der Waals surface area contributed by atoms with Crippen LogP contribution in [0.1, 0.15) is 51.5 Å². The van der Waals surface area contributed by atoms with Gasteiger partial charge in [-0.3, -0.25) is 9.59 Å². The first kappa shape index (κ1) is 22.6. The summed E-state index contributed by atoms with van der Waals surface area (Å²) >= 11 is 6.09. The van der Waals surface area contributed by atoms with Gasteiger partial charge in [0.2, 0.25) is 21.8 Å². The van der Waals surface area contributed by atoms with E-state index in [1.54, 1.807) is 38.1 Å². The van der Waals surface area contributed by atoms with Crippen molar-refractivity contribution in [3.05, 3.63) is 34.9 Å². The molecular formula is C22H30ClN3O4S. The molecule has 1 aromatic carbocycles. The third kappa shape index (κ3) is 4.34. The Kier molecular flexibility index (Phi) is 5.63. The molecule has 4 bridgehead atoms. The van der Waals surface area contributed by atoms with Gasteiger partial charge in [-0.1, -0.05) is 29.8 Å². The minimum atomic E-state index is -3.80. The van der Waals surface area contributed by atoms with Crippen molar-refractivity contribution >= 4 is 33.4 Å². The molecule has 31 heavy (non-hydrogen) atoms. The Morgan fingerprint density at radius 2 is 1.77 bits per heavy atom. The van der Waals surface area contributed by atoms with Crippen LogP contribution in [0.4, 0.5) is 0 Å². The number of carbonyl (C=O) groups is 2. The molecule has 0 saturated heterocycles. The van der Waals surface area contributed by atoms with Crippen LogP contribution in [0.3, 0.4) is 0 Å². The topological polar surface area (TPSA) is 118 Å². The van der Waals surface area contributed by atoms with Crippen LogP contribution in [0, 0.1) is 23.2 Å². The van der Waals surface area contributed by atoms with E-state index < -0.39 is 21.0 Å². The van der Waals surface area contributed by atoms with Crippen LogP contribution in [0.15, 0.2) is 24.3 Å². The molecule has 4 fully saturated rings. The third-order valence-electron chi connectivity index (χ3n) is 7.38. The zero-order valence-corrected chi connectivity index (χ0v) is 19.4. The number of nitrogens with one attached hydrogen (secondary N) is 2. The Balaban J connectivity index is 1.43. The second kappa shape index (κ2) is 7.74. The zero-order valence-electron chi connectivity index (χ0n) is 17.9. The summed E-state index contributed by atoms with van der Waals surface area (Å²) in [5.74, 6) is 0.0165. The molecule has 0 aromatic heterocycles. The number of hydrogen-bond acceptors (Lipinski definition) is 4. The number of halogens is 1. The first-order chi connectivity index (χ1) is 14.4. The van der Waals surface area contributed by atoms with Crippen LogP contribution in [-0.4, -0.2) is 31.8 Å². The highest BCUT2D eigenvalue weighted by Crippen LogP contribution is 2.59. The quantitative estimate of drug-likeness (QED) is 0.570. The molecule has 2 amide bonds. The molecule has 1 aromatic rings. The van der Waals surface area contributed by atoms with Crippen molar-refractivity contribution in [1.82, 2.24) is 10.0 Å². The van der Waals surface area contributed by atoms with Gasteiger partial charge in [0.05, 0.1) is 5.75 Å². The number of amides is 2. The molecule has 0 radical (unpaired) electrons. The highest BCUT2D eigenvalue weighted by Gasteiger charge is 2.58. The van der Waals surface area contributed by atoms with E-state index in [2.05, 4.69) is 10.0 Å². The van der Waals surface area contributed by atoms with Gasteiger partial charge in [-0.25, -0.2) is 8.42 Å². The van der Waals surface area contributed by atoms with E-state index >= 15 is 0 Å². The van der Waals surface area contributed by atoms with Crippen molar-refractivity contribution in [3.8, 4) is 0 Å². The van der Waals surface area contributed by atoms with Crippen molar-refractivity contribution in [2.24, 2.45) is 28.9 Å². The summed E-state index contributed by atoms with van der Waals surface area (Å²) in [4.78, 5) is 25.2. The van der Waals surface area contributed by atoms with Gasteiger partial charge in [0.1, 0.15) is 5.54 Å². The molecule has 9 heteroatoms. The van der Waals surface area contributed by atoms with E-state index in [1.807, 2.05) is 0 Å². The number of nitrogens with two attached hydrogens (primary N) is 1. The van der Waals surface area contributed by atoms with E-state index in [0.29, 0.717) is 29.3 Å². The maximum Gasteiger partial charge on any atom is 0.240 e. The highest BCUT2D eigenvalue weighted by atomic mass is 35.5. The molecule has 4 N–H and O–H groups in total. The molecule has 4 aliphatic carbocycles. The lowest BCUT2D eigenvalue weighted by molar-refractivity contribution is -0.148. The molecule has 4 saturated carbocycles. The second-order valence-corrected chi connectivity index (χ2v) is 12.3. The van der Waals surface area contributed by atoms with Gasteiger partial charge in [-0.15, -0.1) is 0 Å². The first-order valence-corrected chi connectivity index (χ1v) is 12.8. The van der Waals surface area contributed by atoms with Crippen LogP contribution in [0.25, 0.3) is 0 Å². The van der Waals surface area contributed by atoms with Crippen LogP contribution < -0.4 is 15.8 Å². The highest BCUT2D eigenvalue weighted by molar-refractivity contribution is 7.88. The van der Waals surface area contributed by atoms with E-state index in [-0.39, 0.29) is 35.4 Å². The molecule has 2 unspecified atom stereocenters. The minimum Gasteiger partial charge on any atom is -0.369 e. The van der Waals surface area contributed by atoms with Gasteiger partial charge in [0, 0.05) is 16.5 Å². The van der Waals surface area contributed by atoms with Crippen molar-refractivity contribution in [2.45, 2.75) is 63.3 Å². The zero-order chi connectivity index (χ0) is 22.6. The fourth-order valence-electron chi connectivity index (χ4n) is 6.18. The average molecular weight is 468 g/mol. The van der Waals surface area contributed by atoms with Crippen molar-refractivity contribution in [2.75, 3.05) is 0 Å². The van der Waals surface area contributed by atoms with Crippen molar-refractivity contribution in [3.63, 3.8) is 0 Å². The second-order valence-electron chi connectivity index (χ2n) is 10.2. The van der Waals surface area contributed by atoms with Gasteiger partial charge in [-0.05, 0) is 75.3 Å². The number of hydrogen-bond donors (Lipinski definition) is 3. The van der Waals surface area contributed by atoms with Crippen molar-refractivity contribution in [1.29, 1.82) is 0 Å². The van der Waals surface area contributed by atoms with Gasteiger partial charge in [0.25, 0.3) is 0 Å².